The zero-order valence-electron chi connectivity index (χ0n) is 8.27. The number of Topliss-reactive ketones (excluding diaryl/α,β-unsaturated/α-hetero) is 1. The Labute approximate surface area is 86.7 Å². The van der Waals surface area contributed by atoms with Crippen LogP contribution in [0, 0.1) is 0 Å². The molecule has 0 saturated carbocycles. The van der Waals surface area contributed by atoms with Gasteiger partial charge in [0.25, 0.3) is 0 Å². The number of allylic oxidation sites excluding steroid dienone is 2. The predicted molar refractivity (Wildman–Crippen MR) is 53.6 cm³/mol. The van der Waals surface area contributed by atoms with Crippen LogP contribution < -0.4 is 0 Å². The number of hydrogen-bond acceptors (Lipinski definition) is 4. The molecule has 0 unspecified atom stereocenters. The fourth-order valence-corrected chi connectivity index (χ4v) is 1.52. The minimum absolute atomic E-state index is 0.0363. The monoisotopic (exact) mass is 206 g/mol. The Bertz CT molecular complexity index is 407. The van der Waals surface area contributed by atoms with Gasteiger partial charge in [-0.15, -0.1) is 0 Å². The maximum Gasteiger partial charge on any atom is 0.413 e. The van der Waals surface area contributed by atoms with Crippen LogP contribution in [0.25, 0.3) is 0 Å². The number of rotatable bonds is 0. The van der Waals surface area contributed by atoms with Crippen molar-refractivity contribution in [3.8, 4) is 0 Å². The molecule has 0 aromatic heterocycles. The molecule has 5 heteroatoms. The molecular weight excluding hydrogens is 196 g/mol. The van der Waals surface area contributed by atoms with Gasteiger partial charge in [0.1, 0.15) is 6.54 Å². The highest BCUT2D eigenvalue weighted by Crippen LogP contribution is 2.18. The molecular formula is C10H10N2O3. The molecule has 2 aliphatic heterocycles. The molecule has 0 fully saturated rings. The molecule has 2 heterocycles. The molecule has 5 nitrogen and oxygen atoms in total. The number of ether oxygens (including phenoxy) is 1. The largest absolute Gasteiger partial charge is 0.452 e. The lowest BCUT2D eigenvalue weighted by molar-refractivity contribution is -0.114. The summed E-state index contributed by atoms with van der Waals surface area (Å²) in [4.78, 5) is 28.0. The second-order valence-corrected chi connectivity index (χ2v) is 3.24. The van der Waals surface area contributed by atoms with Crippen LogP contribution in [0.15, 0.2) is 28.4 Å². The van der Waals surface area contributed by atoms with E-state index < -0.39 is 6.09 Å². The first-order valence-corrected chi connectivity index (χ1v) is 4.51. The van der Waals surface area contributed by atoms with Gasteiger partial charge in [-0.2, -0.15) is 0 Å². The Morgan fingerprint density at radius 3 is 3.13 bits per heavy atom. The van der Waals surface area contributed by atoms with Gasteiger partial charge in [-0.1, -0.05) is 0 Å². The molecule has 1 amide bonds. The quantitative estimate of drug-likeness (QED) is 0.581. The van der Waals surface area contributed by atoms with Gasteiger partial charge in [0, 0.05) is 23.6 Å². The number of dihydropyridines is 1. The number of methoxy groups -OCH3 is 1. The van der Waals surface area contributed by atoms with Crippen molar-refractivity contribution in [1.82, 2.24) is 4.90 Å². The molecule has 0 atom stereocenters. The summed E-state index contributed by atoms with van der Waals surface area (Å²) in [5.41, 5.74) is 1.41. The summed E-state index contributed by atoms with van der Waals surface area (Å²) in [6.45, 7) is 0.436. The summed E-state index contributed by atoms with van der Waals surface area (Å²) in [5.74, 6) is -0.0363. The SMILES string of the molecule is COC(=O)N1C=CC2=C(C1)C(=O)CN=C2. The van der Waals surface area contributed by atoms with Crippen molar-refractivity contribution >= 4 is 18.1 Å². The Morgan fingerprint density at radius 2 is 2.40 bits per heavy atom. The second-order valence-electron chi connectivity index (χ2n) is 3.24. The molecule has 0 aromatic rings. The van der Waals surface area contributed by atoms with E-state index in [2.05, 4.69) is 9.73 Å². The van der Waals surface area contributed by atoms with E-state index in [-0.39, 0.29) is 18.9 Å². The first-order chi connectivity index (χ1) is 7.22. The van der Waals surface area contributed by atoms with E-state index in [0.717, 1.165) is 5.57 Å². The van der Waals surface area contributed by atoms with E-state index in [0.29, 0.717) is 5.57 Å². The van der Waals surface area contributed by atoms with Gasteiger partial charge in [-0.25, -0.2) is 4.79 Å². The third-order valence-electron chi connectivity index (χ3n) is 2.32. The molecule has 2 aliphatic rings. The van der Waals surface area contributed by atoms with Crippen molar-refractivity contribution in [2.24, 2.45) is 4.99 Å². The lowest BCUT2D eigenvalue weighted by atomic mass is 9.99. The first kappa shape index (κ1) is 9.64. The van der Waals surface area contributed by atoms with E-state index in [1.165, 1.54) is 12.0 Å². The van der Waals surface area contributed by atoms with Crippen LogP contribution in [0.2, 0.25) is 0 Å². The van der Waals surface area contributed by atoms with Gasteiger partial charge in [0.2, 0.25) is 0 Å². The molecule has 0 saturated heterocycles. The molecule has 2 rings (SSSR count). The second kappa shape index (κ2) is 3.68. The van der Waals surface area contributed by atoms with Crippen molar-refractivity contribution in [2.45, 2.75) is 0 Å². The maximum absolute atomic E-state index is 11.5. The van der Waals surface area contributed by atoms with Gasteiger partial charge in [-0.05, 0) is 6.08 Å². The van der Waals surface area contributed by atoms with Crippen LogP contribution in [-0.4, -0.2) is 43.2 Å². The molecule has 0 spiro atoms. The molecule has 0 bridgehead atoms. The van der Waals surface area contributed by atoms with Crippen LogP contribution in [0.5, 0.6) is 0 Å². The van der Waals surface area contributed by atoms with Gasteiger partial charge < -0.3 is 4.74 Å². The molecule has 78 valence electrons. The summed E-state index contributed by atoms with van der Waals surface area (Å²) < 4.78 is 4.57. The van der Waals surface area contributed by atoms with E-state index in [1.807, 2.05) is 0 Å². The Kier molecular flexibility index (Phi) is 2.37. The highest BCUT2D eigenvalue weighted by Gasteiger charge is 2.24. The molecule has 0 aliphatic carbocycles. The minimum atomic E-state index is -0.465. The normalized spacial score (nSPS) is 19.3. The van der Waals surface area contributed by atoms with E-state index in [4.69, 9.17) is 0 Å². The van der Waals surface area contributed by atoms with Gasteiger partial charge in [-0.3, -0.25) is 14.7 Å². The van der Waals surface area contributed by atoms with Crippen molar-refractivity contribution in [3.05, 3.63) is 23.4 Å². The van der Waals surface area contributed by atoms with E-state index in [9.17, 15) is 9.59 Å². The average Bonchev–Trinajstić information content (AvgIpc) is 2.28. The van der Waals surface area contributed by atoms with Gasteiger partial charge in [0.05, 0.1) is 13.7 Å². The number of hydrogen-bond donors (Lipinski definition) is 0. The van der Waals surface area contributed by atoms with Gasteiger partial charge in [0.15, 0.2) is 5.78 Å². The molecule has 0 N–H and O–H groups in total. The van der Waals surface area contributed by atoms with Crippen molar-refractivity contribution in [2.75, 3.05) is 20.2 Å². The minimum Gasteiger partial charge on any atom is -0.452 e. The van der Waals surface area contributed by atoms with E-state index in [1.54, 1.807) is 18.5 Å². The number of aliphatic imine (C=N–C) groups is 1. The first-order valence-electron chi connectivity index (χ1n) is 4.51. The number of carbonyl (C=O) groups is 2. The average molecular weight is 206 g/mol. The smallest absolute Gasteiger partial charge is 0.413 e. The summed E-state index contributed by atoms with van der Waals surface area (Å²) in [6.07, 6.45) is 4.47. The van der Waals surface area contributed by atoms with Crippen LogP contribution >= 0.6 is 0 Å². The van der Waals surface area contributed by atoms with Gasteiger partial charge >= 0.3 is 6.09 Å². The fourth-order valence-electron chi connectivity index (χ4n) is 1.52. The van der Waals surface area contributed by atoms with Crippen LogP contribution in [0.3, 0.4) is 0 Å². The van der Waals surface area contributed by atoms with Crippen molar-refractivity contribution < 1.29 is 14.3 Å². The van der Waals surface area contributed by atoms with Crippen molar-refractivity contribution in [3.63, 3.8) is 0 Å². The highest BCUT2D eigenvalue weighted by atomic mass is 16.5. The standard InChI is InChI=1S/C10H10N2O3/c1-15-10(14)12-3-2-7-4-11-5-9(13)8(7)6-12/h2-4H,5-6H2,1H3. The van der Waals surface area contributed by atoms with Crippen LogP contribution in [-0.2, 0) is 9.53 Å². The van der Waals surface area contributed by atoms with E-state index >= 15 is 0 Å². The lowest BCUT2D eigenvalue weighted by Crippen LogP contribution is -2.34. The number of ketones is 1. The molecule has 15 heavy (non-hydrogen) atoms. The Balaban J connectivity index is 2.24. The Morgan fingerprint density at radius 1 is 1.60 bits per heavy atom. The zero-order valence-corrected chi connectivity index (χ0v) is 8.27. The number of carbonyl (C=O) groups excluding carboxylic acids is 2. The molecule has 0 radical (unpaired) electrons. The summed E-state index contributed by atoms with van der Waals surface area (Å²) in [5, 5.41) is 0. The number of nitrogens with zero attached hydrogens (tertiary/aromatic N) is 2. The topological polar surface area (TPSA) is 59.0 Å². The number of amides is 1. The third-order valence-corrected chi connectivity index (χ3v) is 2.32. The maximum atomic E-state index is 11.5. The molecule has 0 aromatic carbocycles. The highest BCUT2D eigenvalue weighted by molar-refractivity contribution is 6.08. The zero-order chi connectivity index (χ0) is 10.8. The third kappa shape index (κ3) is 1.68. The Hall–Kier alpha value is -1.91. The summed E-state index contributed by atoms with van der Waals surface area (Å²) in [6, 6.07) is 0. The fraction of sp³-hybridized carbons (Fsp3) is 0.300. The summed E-state index contributed by atoms with van der Waals surface area (Å²) >= 11 is 0. The van der Waals surface area contributed by atoms with Crippen LogP contribution in [0.1, 0.15) is 0 Å². The predicted octanol–water partition coefficient (Wildman–Crippen LogP) is 0.532. The summed E-state index contributed by atoms with van der Waals surface area (Å²) in [7, 11) is 1.31. The van der Waals surface area contributed by atoms with Crippen LogP contribution in [0.4, 0.5) is 4.79 Å². The lowest BCUT2D eigenvalue weighted by Gasteiger charge is -2.24. The van der Waals surface area contributed by atoms with Crippen molar-refractivity contribution in [1.29, 1.82) is 0 Å².